The van der Waals surface area contributed by atoms with Crippen molar-refractivity contribution in [2.75, 3.05) is 13.7 Å². The average Bonchev–Trinajstić information content (AvgIpc) is 2.41. The van der Waals surface area contributed by atoms with E-state index in [2.05, 4.69) is 16.2 Å². The van der Waals surface area contributed by atoms with E-state index in [-0.39, 0.29) is 6.04 Å². The molecule has 1 unspecified atom stereocenters. The van der Waals surface area contributed by atoms with E-state index in [1.807, 2.05) is 32.9 Å². The molecule has 0 aliphatic carbocycles. The fourth-order valence-corrected chi connectivity index (χ4v) is 1.71. The van der Waals surface area contributed by atoms with E-state index >= 15 is 0 Å². The van der Waals surface area contributed by atoms with Crippen molar-refractivity contribution in [3.05, 3.63) is 29.6 Å². The Labute approximate surface area is 126 Å². The summed E-state index contributed by atoms with van der Waals surface area (Å²) >= 11 is 0. The van der Waals surface area contributed by atoms with Crippen LogP contribution < -0.4 is 5.32 Å². The van der Waals surface area contributed by atoms with Crippen molar-refractivity contribution in [3.8, 4) is 12.3 Å². The van der Waals surface area contributed by atoms with Crippen LogP contribution in [0.2, 0.25) is 0 Å². The van der Waals surface area contributed by atoms with Crippen molar-refractivity contribution < 1.29 is 14.3 Å². The number of nitrogens with zero attached hydrogens (tertiary/aromatic N) is 1. The standard InChI is InChI=1S/C16H22N2O3/c1-6-12-8-7-9-13(17-12)14(10-11-20-5)18-15(19)21-16(2,3)4/h1,7-9,14H,10-11H2,2-5H3,(H,18,19). The van der Waals surface area contributed by atoms with Crippen LogP contribution in [0, 0.1) is 12.3 Å². The van der Waals surface area contributed by atoms with Crippen LogP contribution in [-0.4, -0.2) is 30.4 Å². The quantitative estimate of drug-likeness (QED) is 0.847. The van der Waals surface area contributed by atoms with Gasteiger partial charge in [-0.3, -0.25) is 0 Å². The van der Waals surface area contributed by atoms with Gasteiger partial charge in [0.15, 0.2) is 0 Å². The zero-order valence-corrected chi connectivity index (χ0v) is 13.0. The number of aromatic nitrogens is 1. The van der Waals surface area contributed by atoms with Gasteiger partial charge in [0, 0.05) is 13.7 Å². The number of amides is 1. The SMILES string of the molecule is C#Cc1cccc(C(CCOC)NC(=O)OC(C)(C)C)n1. The highest BCUT2D eigenvalue weighted by atomic mass is 16.6. The number of ether oxygens (including phenoxy) is 2. The lowest BCUT2D eigenvalue weighted by molar-refractivity contribution is 0.0491. The van der Waals surface area contributed by atoms with Crippen molar-refractivity contribution in [2.45, 2.75) is 38.8 Å². The van der Waals surface area contributed by atoms with E-state index in [4.69, 9.17) is 15.9 Å². The number of methoxy groups -OCH3 is 1. The van der Waals surface area contributed by atoms with Gasteiger partial charge in [0.1, 0.15) is 11.3 Å². The highest BCUT2D eigenvalue weighted by Crippen LogP contribution is 2.16. The number of pyridine rings is 1. The third-order valence-electron chi connectivity index (χ3n) is 2.58. The van der Waals surface area contributed by atoms with E-state index in [0.29, 0.717) is 24.4 Å². The van der Waals surface area contributed by atoms with Crippen LogP contribution in [0.3, 0.4) is 0 Å². The van der Waals surface area contributed by atoms with E-state index in [1.54, 1.807) is 13.2 Å². The summed E-state index contributed by atoms with van der Waals surface area (Å²) in [4.78, 5) is 16.2. The Hall–Kier alpha value is -2.06. The van der Waals surface area contributed by atoms with Crippen LogP contribution in [0.1, 0.15) is 44.6 Å². The highest BCUT2D eigenvalue weighted by Gasteiger charge is 2.21. The Bertz CT molecular complexity index is 515. The predicted octanol–water partition coefficient (Wildman–Crippen LogP) is 2.67. The molecular formula is C16H22N2O3. The molecule has 5 heteroatoms. The van der Waals surface area contributed by atoms with Gasteiger partial charge in [-0.2, -0.15) is 0 Å². The number of alkyl carbamates (subject to hydrolysis) is 1. The second kappa shape index (κ2) is 7.65. The predicted molar refractivity (Wildman–Crippen MR) is 80.8 cm³/mol. The smallest absolute Gasteiger partial charge is 0.408 e. The molecule has 1 amide bonds. The largest absolute Gasteiger partial charge is 0.444 e. The normalized spacial score (nSPS) is 12.3. The molecule has 114 valence electrons. The number of hydrogen-bond donors (Lipinski definition) is 1. The molecule has 0 fully saturated rings. The summed E-state index contributed by atoms with van der Waals surface area (Å²) in [6.45, 7) is 5.93. The number of nitrogens with one attached hydrogen (secondary N) is 1. The monoisotopic (exact) mass is 290 g/mol. The first-order valence-corrected chi connectivity index (χ1v) is 6.77. The third kappa shape index (κ3) is 6.28. The lowest BCUT2D eigenvalue weighted by atomic mass is 10.1. The molecule has 0 radical (unpaired) electrons. The van der Waals surface area contributed by atoms with Gasteiger partial charge in [-0.05, 0) is 39.3 Å². The minimum Gasteiger partial charge on any atom is -0.444 e. The molecule has 0 aliphatic rings. The first kappa shape index (κ1) is 17.0. The van der Waals surface area contributed by atoms with Crippen molar-refractivity contribution in [2.24, 2.45) is 0 Å². The summed E-state index contributed by atoms with van der Waals surface area (Å²) < 4.78 is 10.3. The van der Waals surface area contributed by atoms with Crippen molar-refractivity contribution >= 4 is 6.09 Å². The van der Waals surface area contributed by atoms with Crippen molar-refractivity contribution in [3.63, 3.8) is 0 Å². The Morgan fingerprint density at radius 1 is 1.48 bits per heavy atom. The summed E-state index contributed by atoms with van der Waals surface area (Å²) in [5.41, 5.74) is 0.665. The van der Waals surface area contributed by atoms with Gasteiger partial charge in [-0.15, -0.1) is 6.42 Å². The molecule has 21 heavy (non-hydrogen) atoms. The lowest BCUT2D eigenvalue weighted by Crippen LogP contribution is -2.35. The van der Waals surface area contributed by atoms with Crippen LogP contribution in [0.25, 0.3) is 0 Å². The zero-order chi connectivity index (χ0) is 15.9. The van der Waals surface area contributed by atoms with Gasteiger partial charge in [0.2, 0.25) is 0 Å². The van der Waals surface area contributed by atoms with Crippen LogP contribution in [-0.2, 0) is 9.47 Å². The molecule has 0 aliphatic heterocycles. The molecule has 1 aromatic rings. The van der Waals surface area contributed by atoms with Crippen molar-refractivity contribution in [1.29, 1.82) is 0 Å². The number of carbonyl (C=O) groups is 1. The fraction of sp³-hybridized carbons (Fsp3) is 0.500. The molecular weight excluding hydrogens is 268 g/mol. The first-order chi connectivity index (χ1) is 9.85. The minimum atomic E-state index is -0.552. The molecule has 1 N–H and O–H groups in total. The lowest BCUT2D eigenvalue weighted by Gasteiger charge is -2.23. The molecule has 1 rings (SSSR count). The second-order valence-electron chi connectivity index (χ2n) is 5.57. The van der Waals surface area contributed by atoms with Gasteiger partial charge in [-0.25, -0.2) is 9.78 Å². The van der Waals surface area contributed by atoms with E-state index in [9.17, 15) is 4.79 Å². The Morgan fingerprint density at radius 2 is 2.19 bits per heavy atom. The summed E-state index contributed by atoms with van der Waals surface area (Å²) in [6, 6.07) is 5.06. The molecule has 5 nitrogen and oxygen atoms in total. The summed E-state index contributed by atoms with van der Waals surface area (Å²) in [6.07, 6.45) is 5.45. The Kier molecular flexibility index (Phi) is 6.19. The van der Waals surface area contributed by atoms with Crippen LogP contribution in [0.4, 0.5) is 4.79 Å². The second-order valence-corrected chi connectivity index (χ2v) is 5.57. The number of terminal acetylenes is 1. The van der Waals surface area contributed by atoms with Gasteiger partial charge in [0.25, 0.3) is 0 Å². The molecule has 1 heterocycles. The number of rotatable bonds is 5. The molecule has 0 saturated carbocycles. The zero-order valence-electron chi connectivity index (χ0n) is 13.0. The van der Waals surface area contributed by atoms with E-state index < -0.39 is 11.7 Å². The molecule has 0 aromatic carbocycles. The van der Waals surface area contributed by atoms with Crippen molar-refractivity contribution in [1.82, 2.24) is 10.3 Å². The van der Waals surface area contributed by atoms with Crippen LogP contribution in [0.5, 0.6) is 0 Å². The minimum absolute atomic E-state index is 0.312. The molecule has 0 spiro atoms. The summed E-state index contributed by atoms with van der Waals surface area (Å²) in [5, 5.41) is 2.80. The first-order valence-electron chi connectivity index (χ1n) is 6.77. The number of hydrogen-bond acceptors (Lipinski definition) is 4. The maximum absolute atomic E-state index is 11.9. The molecule has 1 aromatic heterocycles. The molecule has 0 saturated heterocycles. The Balaban J connectivity index is 2.84. The number of carbonyl (C=O) groups excluding carboxylic acids is 1. The van der Waals surface area contributed by atoms with Crippen LogP contribution in [0.15, 0.2) is 18.2 Å². The highest BCUT2D eigenvalue weighted by molar-refractivity contribution is 5.68. The fourth-order valence-electron chi connectivity index (χ4n) is 1.71. The third-order valence-corrected chi connectivity index (χ3v) is 2.58. The van der Waals surface area contributed by atoms with Crippen LogP contribution >= 0.6 is 0 Å². The van der Waals surface area contributed by atoms with Gasteiger partial charge in [-0.1, -0.05) is 12.0 Å². The summed E-state index contributed by atoms with van der Waals surface area (Å²) in [7, 11) is 1.61. The molecule has 0 bridgehead atoms. The molecule has 1 atom stereocenters. The Morgan fingerprint density at radius 3 is 2.76 bits per heavy atom. The van der Waals surface area contributed by atoms with Gasteiger partial charge >= 0.3 is 6.09 Å². The van der Waals surface area contributed by atoms with Gasteiger partial charge in [0.05, 0.1) is 11.7 Å². The maximum Gasteiger partial charge on any atom is 0.408 e. The van der Waals surface area contributed by atoms with E-state index in [1.165, 1.54) is 0 Å². The summed E-state index contributed by atoms with van der Waals surface area (Å²) in [5.74, 6) is 2.48. The topological polar surface area (TPSA) is 60.5 Å². The van der Waals surface area contributed by atoms with E-state index in [0.717, 1.165) is 0 Å². The maximum atomic E-state index is 11.9. The average molecular weight is 290 g/mol. The van der Waals surface area contributed by atoms with Gasteiger partial charge < -0.3 is 14.8 Å².